The van der Waals surface area contributed by atoms with Crippen LogP contribution in [-0.2, 0) is 5.51 Å². The topological polar surface area (TPSA) is 0 Å². The Balaban J connectivity index is 2.34. The van der Waals surface area contributed by atoms with Gasteiger partial charge in [0.1, 0.15) is 10.5 Å². The Morgan fingerprint density at radius 1 is 1.06 bits per heavy atom. The van der Waals surface area contributed by atoms with Gasteiger partial charge in [0.2, 0.25) is 0 Å². The molecule has 1 aliphatic carbocycles. The van der Waals surface area contributed by atoms with Crippen molar-refractivity contribution < 1.29 is 13.2 Å². The fourth-order valence-electron chi connectivity index (χ4n) is 1.91. The molecule has 0 aliphatic heterocycles. The normalized spacial score (nSPS) is 15.9. The lowest BCUT2D eigenvalue weighted by Gasteiger charge is -2.04. The summed E-state index contributed by atoms with van der Waals surface area (Å²) in [6.07, 6.45) is 5.21. The Morgan fingerprint density at radius 2 is 1.76 bits per heavy atom. The molecular weight excluding hydrogens is 245 g/mol. The summed E-state index contributed by atoms with van der Waals surface area (Å²) in [5.74, 6) is 0. The molecule has 1 heterocycles. The number of hydrogen-bond acceptors (Lipinski definition) is 0. The van der Waals surface area contributed by atoms with E-state index in [-0.39, 0.29) is 0 Å². The molecule has 4 heteroatoms. The highest BCUT2D eigenvalue weighted by molar-refractivity contribution is 7.39. The molecule has 1 unspecified atom stereocenters. The Kier molecular flexibility index (Phi) is 2.16. The molecule has 3 rings (SSSR count). The summed E-state index contributed by atoms with van der Waals surface area (Å²) in [4.78, 5) is 0.390. The van der Waals surface area contributed by atoms with Crippen LogP contribution >= 0.6 is 10.5 Å². The van der Waals surface area contributed by atoms with E-state index in [1.54, 1.807) is 48.6 Å². The van der Waals surface area contributed by atoms with E-state index >= 15 is 0 Å². The van der Waals surface area contributed by atoms with Crippen molar-refractivity contribution in [1.82, 2.24) is 0 Å². The third-order valence-corrected chi connectivity index (χ3v) is 4.78. The van der Waals surface area contributed by atoms with Crippen molar-refractivity contribution in [3.05, 3.63) is 53.4 Å². The maximum absolute atomic E-state index is 13.1. The summed E-state index contributed by atoms with van der Waals surface area (Å²) in [5.41, 5.74) is -3.51. The number of allylic oxidation sites excluding steroid dienone is 4. The summed E-state index contributed by atoms with van der Waals surface area (Å²) in [5, 5.41) is 0.685. The first-order valence-electron chi connectivity index (χ1n) is 5.08. The number of hydrogen-bond donors (Lipinski definition) is 0. The minimum absolute atomic E-state index is 0.385. The number of rotatable bonds is 1. The lowest BCUT2D eigenvalue weighted by atomic mass is 10.1. The maximum Gasteiger partial charge on any atom is 0.601 e. The van der Waals surface area contributed by atoms with E-state index < -0.39 is 16.0 Å². The van der Waals surface area contributed by atoms with Gasteiger partial charge in [-0.05, 0) is 24.3 Å². The zero-order chi connectivity index (χ0) is 12.0. The van der Waals surface area contributed by atoms with Crippen LogP contribution < -0.4 is 0 Å². The molecule has 1 aromatic heterocycles. The molecule has 0 N–H and O–H groups in total. The van der Waals surface area contributed by atoms with E-state index in [4.69, 9.17) is 0 Å². The van der Waals surface area contributed by atoms with E-state index in [1.807, 2.05) is 0 Å². The van der Waals surface area contributed by atoms with Crippen molar-refractivity contribution in [3.8, 4) is 0 Å². The van der Waals surface area contributed by atoms with Crippen LogP contribution in [0.2, 0.25) is 0 Å². The molecule has 86 valence electrons. The largest absolute Gasteiger partial charge is 0.601 e. The van der Waals surface area contributed by atoms with E-state index in [9.17, 15) is 13.2 Å². The number of fused-ring (bicyclic) bond motifs is 1. The summed E-state index contributed by atoms with van der Waals surface area (Å²) >= 11 is 0. The zero-order valence-corrected chi connectivity index (χ0v) is 9.48. The SMILES string of the molecule is FC(F)(F)[s+]1c(C2=CC=C2)cc2ccccc21. The van der Waals surface area contributed by atoms with Gasteiger partial charge in [0.15, 0.2) is 9.58 Å². The second-order valence-electron chi connectivity index (χ2n) is 3.78. The van der Waals surface area contributed by atoms with Gasteiger partial charge in [-0.25, -0.2) is 0 Å². The molecule has 1 aliphatic rings. The standard InChI is InChI=1S/C13H8F3S/c14-13(15,16)17-11-7-2-1-4-10(11)8-12(17)9-5-3-6-9/h1-8H/q+1. The van der Waals surface area contributed by atoms with Crippen molar-refractivity contribution in [2.24, 2.45) is 0 Å². The summed E-state index contributed by atoms with van der Waals surface area (Å²) < 4.78 is 39.8. The molecule has 0 spiro atoms. The first-order chi connectivity index (χ1) is 8.07. The van der Waals surface area contributed by atoms with Gasteiger partial charge in [-0.15, -0.1) is 13.2 Å². The predicted octanol–water partition coefficient (Wildman–Crippen LogP) is 5.02. The van der Waals surface area contributed by atoms with Crippen LogP contribution in [0.15, 0.2) is 48.6 Å². The van der Waals surface area contributed by atoms with E-state index in [0.717, 1.165) is 0 Å². The fourth-order valence-corrected chi connectivity index (χ4v) is 3.84. The molecule has 2 aromatic rings. The van der Waals surface area contributed by atoms with Gasteiger partial charge in [0.25, 0.3) is 0 Å². The molecule has 0 bridgehead atoms. The molecule has 0 fully saturated rings. The third kappa shape index (κ3) is 1.60. The molecule has 1 atom stereocenters. The smallest absolute Gasteiger partial charge is 0.118 e. The summed E-state index contributed by atoms with van der Waals surface area (Å²) in [7, 11) is -1.79. The second kappa shape index (κ2) is 3.47. The maximum atomic E-state index is 13.1. The Bertz CT molecular complexity index is 644. The first-order valence-corrected chi connectivity index (χ1v) is 6.30. The molecule has 1 aromatic carbocycles. The lowest BCUT2D eigenvalue weighted by Crippen LogP contribution is -1.98. The molecular formula is C13H8F3S+. The Morgan fingerprint density at radius 3 is 2.35 bits per heavy atom. The molecule has 0 amide bonds. The Labute approximate surface area is 98.7 Å². The molecule has 0 radical (unpaired) electrons. The van der Waals surface area contributed by atoms with Crippen LogP contribution in [0.1, 0.15) is 4.88 Å². The van der Waals surface area contributed by atoms with Crippen LogP contribution in [0, 0.1) is 0 Å². The van der Waals surface area contributed by atoms with Crippen molar-refractivity contribution in [2.45, 2.75) is 5.51 Å². The van der Waals surface area contributed by atoms with E-state index in [0.29, 0.717) is 20.5 Å². The van der Waals surface area contributed by atoms with Crippen molar-refractivity contribution in [2.75, 3.05) is 0 Å². The minimum atomic E-state index is -4.21. The molecule has 17 heavy (non-hydrogen) atoms. The quantitative estimate of drug-likeness (QED) is 0.626. The summed E-state index contributed by atoms with van der Waals surface area (Å²) in [6, 6.07) is 8.38. The number of alkyl halides is 3. The lowest BCUT2D eigenvalue weighted by molar-refractivity contribution is -0.0866. The minimum Gasteiger partial charge on any atom is -0.118 e. The van der Waals surface area contributed by atoms with Crippen LogP contribution in [0.25, 0.3) is 15.7 Å². The van der Waals surface area contributed by atoms with Gasteiger partial charge >= 0.3 is 5.51 Å². The van der Waals surface area contributed by atoms with Crippen LogP contribution in [0.3, 0.4) is 0 Å². The van der Waals surface area contributed by atoms with Gasteiger partial charge in [-0.2, -0.15) is 0 Å². The highest BCUT2D eigenvalue weighted by Gasteiger charge is 2.48. The van der Waals surface area contributed by atoms with Gasteiger partial charge in [0.05, 0.1) is 0 Å². The van der Waals surface area contributed by atoms with Gasteiger partial charge in [-0.1, -0.05) is 18.2 Å². The van der Waals surface area contributed by atoms with E-state index in [2.05, 4.69) is 0 Å². The number of halogens is 3. The van der Waals surface area contributed by atoms with Crippen molar-refractivity contribution in [3.63, 3.8) is 0 Å². The molecule has 0 saturated heterocycles. The van der Waals surface area contributed by atoms with Crippen LogP contribution in [0.4, 0.5) is 13.2 Å². The number of benzene rings is 1. The van der Waals surface area contributed by atoms with Crippen molar-refractivity contribution >= 4 is 26.1 Å². The zero-order valence-electron chi connectivity index (χ0n) is 8.66. The number of thiophene rings is 1. The fraction of sp³-hybridized carbons (Fsp3) is 0.0769. The Hall–Kier alpha value is -1.55. The van der Waals surface area contributed by atoms with Gasteiger partial charge in [-0.3, -0.25) is 0 Å². The van der Waals surface area contributed by atoms with Gasteiger partial charge < -0.3 is 0 Å². The molecule has 0 saturated carbocycles. The van der Waals surface area contributed by atoms with Crippen molar-refractivity contribution in [1.29, 1.82) is 0 Å². The van der Waals surface area contributed by atoms with Gasteiger partial charge in [0, 0.05) is 17.0 Å². The first kappa shape index (κ1) is 10.6. The highest BCUT2D eigenvalue weighted by atomic mass is 32.2. The second-order valence-corrected chi connectivity index (χ2v) is 5.73. The average Bonchev–Trinajstić information content (AvgIpc) is 2.52. The third-order valence-electron chi connectivity index (χ3n) is 2.71. The van der Waals surface area contributed by atoms with E-state index in [1.165, 1.54) is 0 Å². The van der Waals surface area contributed by atoms with Crippen LogP contribution in [-0.4, -0.2) is 0 Å². The predicted molar refractivity (Wildman–Crippen MR) is 64.8 cm³/mol. The molecule has 0 nitrogen and oxygen atoms in total. The average molecular weight is 253 g/mol. The monoisotopic (exact) mass is 253 g/mol. The summed E-state index contributed by atoms with van der Waals surface area (Å²) in [6.45, 7) is 0. The highest BCUT2D eigenvalue weighted by Crippen LogP contribution is 2.53. The van der Waals surface area contributed by atoms with Crippen LogP contribution in [0.5, 0.6) is 0 Å².